The molecule has 0 unspecified atom stereocenters. The number of hydrogen-bond donors (Lipinski definition) is 1. The summed E-state index contributed by atoms with van der Waals surface area (Å²) < 4.78 is 6.42. The monoisotopic (exact) mass is 235 g/mol. The molecule has 3 rings (SSSR count). The molecule has 1 aliphatic rings. The van der Waals surface area contributed by atoms with E-state index in [4.69, 9.17) is 4.74 Å². The van der Waals surface area contributed by atoms with Crippen molar-refractivity contribution >= 4 is 21.6 Å². The summed E-state index contributed by atoms with van der Waals surface area (Å²) in [6.07, 6.45) is 0. The number of aliphatic hydroxyl groups excluding tert-OH is 1. The highest BCUT2D eigenvalue weighted by Gasteiger charge is 2.39. The largest absolute Gasteiger partial charge is 0.395 e. The first-order valence-electron chi connectivity index (χ1n) is 5.30. The Morgan fingerprint density at radius 2 is 2.31 bits per heavy atom. The van der Waals surface area contributed by atoms with Gasteiger partial charge in [-0.3, -0.25) is 0 Å². The Hall–Kier alpha value is -0.970. The zero-order valence-corrected chi connectivity index (χ0v) is 9.88. The lowest BCUT2D eigenvalue weighted by atomic mass is 9.79. The smallest absolute Gasteiger partial charge is 0.0907 e. The van der Waals surface area contributed by atoms with Gasteiger partial charge in [0, 0.05) is 0 Å². The average Bonchev–Trinajstić information content (AvgIpc) is 2.56. The molecule has 1 fully saturated rings. The number of ether oxygens (including phenoxy) is 1. The van der Waals surface area contributed by atoms with Gasteiger partial charge in [0.15, 0.2) is 0 Å². The van der Waals surface area contributed by atoms with Gasteiger partial charge in [0.1, 0.15) is 0 Å². The number of aromatic nitrogens is 1. The minimum atomic E-state index is -0.175. The zero-order valence-electron chi connectivity index (χ0n) is 9.06. The van der Waals surface area contributed by atoms with Gasteiger partial charge < -0.3 is 9.84 Å². The maximum Gasteiger partial charge on any atom is 0.0907 e. The van der Waals surface area contributed by atoms with Gasteiger partial charge in [0.2, 0.25) is 0 Å². The third kappa shape index (κ3) is 1.38. The summed E-state index contributed by atoms with van der Waals surface area (Å²) in [5.41, 5.74) is 2.03. The molecular formula is C12H13NO2S. The molecule has 0 atom stereocenters. The molecule has 2 heterocycles. The number of aliphatic hydroxyl groups is 1. The van der Waals surface area contributed by atoms with Crippen LogP contribution in [0.1, 0.15) is 10.6 Å². The molecule has 16 heavy (non-hydrogen) atoms. The highest BCUT2D eigenvalue weighted by molar-refractivity contribution is 7.18. The molecule has 1 aromatic carbocycles. The van der Waals surface area contributed by atoms with Crippen LogP contribution in [0.4, 0.5) is 0 Å². The Bertz CT molecular complexity index is 525. The number of hydrogen-bond acceptors (Lipinski definition) is 4. The van der Waals surface area contributed by atoms with Gasteiger partial charge in [0.05, 0.1) is 40.5 Å². The van der Waals surface area contributed by atoms with E-state index in [0.29, 0.717) is 13.2 Å². The quantitative estimate of drug-likeness (QED) is 0.864. The molecule has 1 aromatic heterocycles. The van der Waals surface area contributed by atoms with Gasteiger partial charge in [0.25, 0.3) is 0 Å². The maximum atomic E-state index is 9.48. The topological polar surface area (TPSA) is 42.4 Å². The minimum Gasteiger partial charge on any atom is -0.395 e. The standard InChI is InChI=1S/C12H13NO2S/c1-8-13-10-3-2-9(4-11(10)16-8)12(5-14)6-15-7-12/h2-4,14H,5-7H2,1H3. The van der Waals surface area contributed by atoms with E-state index in [1.807, 2.05) is 13.0 Å². The van der Waals surface area contributed by atoms with Crippen LogP contribution in [-0.2, 0) is 10.2 Å². The summed E-state index contributed by atoms with van der Waals surface area (Å²) in [5, 5.41) is 10.6. The third-order valence-corrected chi connectivity index (χ3v) is 4.10. The van der Waals surface area contributed by atoms with Crippen molar-refractivity contribution in [1.29, 1.82) is 0 Å². The van der Waals surface area contributed by atoms with E-state index in [9.17, 15) is 5.11 Å². The van der Waals surface area contributed by atoms with E-state index in [0.717, 1.165) is 16.1 Å². The maximum absolute atomic E-state index is 9.48. The molecule has 0 bridgehead atoms. The molecule has 3 nitrogen and oxygen atoms in total. The number of nitrogens with zero attached hydrogens (tertiary/aromatic N) is 1. The Balaban J connectivity index is 2.10. The van der Waals surface area contributed by atoms with Crippen LogP contribution in [0.5, 0.6) is 0 Å². The fourth-order valence-corrected chi connectivity index (χ4v) is 2.93. The van der Waals surface area contributed by atoms with Gasteiger partial charge in [-0.25, -0.2) is 4.98 Å². The van der Waals surface area contributed by atoms with Gasteiger partial charge >= 0.3 is 0 Å². The summed E-state index contributed by atoms with van der Waals surface area (Å²) in [7, 11) is 0. The first-order chi connectivity index (χ1) is 7.73. The highest BCUT2D eigenvalue weighted by Crippen LogP contribution is 2.34. The van der Waals surface area contributed by atoms with E-state index in [1.165, 1.54) is 4.70 Å². The number of fused-ring (bicyclic) bond motifs is 1. The van der Waals surface area contributed by atoms with Crippen LogP contribution in [0.3, 0.4) is 0 Å². The summed E-state index contributed by atoms with van der Waals surface area (Å²) in [4.78, 5) is 4.43. The third-order valence-electron chi connectivity index (χ3n) is 3.17. The lowest BCUT2D eigenvalue weighted by molar-refractivity contribution is -0.0840. The first-order valence-corrected chi connectivity index (χ1v) is 6.11. The molecule has 2 aromatic rings. The van der Waals surface area contributed by atoms with E-state index in [1.54, 1.807) is 11.3 Å². The average molecular weight is 235 g/mol. The van der Waals surface area contributed by atoms with Crippen molar-refractivity contribution in [3.63, 3.8) is 0 Å². The molecule has 84 valence electrons. The predicted octanol–water partition coefficient (Wildman–Crippen LogP) is 1.87. The van der Waals surface area contributed by atoms with Gasteiger partial charge in [-0.1, -0.05) is 6.07 Å². The van der Waals surface area contributed by atoms with Crippen molar-refractivity contribution in [2.75, 3.05) is 19.8 Å². The Labute approximate surface area is 97.7 Å². The number of thiazole rings is 1. The normalized spacial score (nSPS) is 18.6. The van der Waals surface area contributed by atoms with Gasteiger partial charge in [-0.15, -0.1) is 11.3 Å². The SMILES string of the molecule is Cc1nc2ccc(C3(CO)COC3)cc2s1. The zero-order chi connectivity index (χ0) is 11.2. The predicted molar refractivity (Wildman–Crippen MR) is 63.9 cm³/mol. The summed E-state index contributed by atoms with van der Waals surface area (Å²) >= 11 is 1.69. The molecular weight excluding hydrogens is 222 g/mol. The van der Waals surface area contributed by atoms with Crippen molar-refractivity contribution < 1.29 is 9.84 Å². The van der Waals surface area contributed by atoms with E-state index >= 15 is 0 Å². The Morgan fingerprint density at radius 3 is 2.94 bits per heavy atom. The minimum absolute atomic E-state index is 0.149. The first kappa shape index (κ1) is 10.2. The molecule has 0 radical (unpaired) electrons. The molecule has 0 saturated carbocycles. The molecule has 0 aliphatic carbocycles. The second kappa shape index (κ2) is 3.52. The van der Waals surface area contributed by atoms with Crippen LogP contribution >= 0.6 is 11.3 Å². The highest BCUT2D eigenvalue weighted by atomic mass is 32.1. The fraction of sp³-hybridized carbons (Fsp3) is 0.417. The van der Waals surface area contributed by atoms with Crippen LogP contribution in [0.15, 0.2) is 18.2 Å². The van der Waals surface area contributed by atoms with E-state index in [-0.39, 0.29) is 12.0 Å². The van der Waals surface area contributed by atoms with Crippen molar-refractivity contribution in [3.05, 3.63) is 28.8 Å². The molecule has 1 N–H and O–H groups in total. The van der Waals surface area contributed by atoms with Crippen molar-refractivity contribution in [3.8, 4) is 0 Å². The molecule has 1 aliphatic heterocycles. The summed E-state index contributed by atoms with van der Waals surface area (Å²) in [6.45, 7) is 3.40. The second-order valence-electron chi connectivity index (χ2n) is 4.35. The Morgan fingerprint density at radius 1 is 1.50 bits per heavy atom. The van der Waals surface area contributed by atoms with Gasteiger partial charge in [-0.2, -0.15) is 0 Å². The van der Waals surface area contributed by atoms with Crippen LogP contribution in [-0.4, -0.2) is 29.9 Å². The lowest BCUT2D eigenvalue weighted by Crippen LogP contribution is -2.49. The number of benzene rings is 1. The lowest BCUT2D eigenvalue weighted by Gasteiger charge is -2.40. The van der Waals surface area contributed by atoms with Crippen molar-refractivity contribution in [2.45, 2.75) is 12.3 Å². The van der Waals surface area contributed by atoms with Crippen LogP contribution < -0.4 is 0 Å². The van der Waals surface area contributed by atoms with Gasteiger partial charge in [-0.05, 0) is 24.6 Å². The molecule has 0 spiro atoms. The summed E-state index contributed by atoms with van der Waals surface area (Å²) in [6, 6.07) is 6.23. The number of rotatable bonds is 2. The fourth-order valence-electron chi connectivity index (χ4n) is 2.07. The van der Waals surface area contributed by atoms with E-state index < -0.39 is 0 Å². The number of aryl methyl sites for hydroxylation is 1. The second-order valence-corrected chi connectivity index (χ2v) is 5.58. The summed E-state index contributed by atoms with van der Waals surface area (Å²) in [5.74, 6) is 0. The van der Waals surface area contributed by atoms with Crippen LogP contribution in [0, 0.1) is 6.92 Å². The van der Waals surface area contributed by atoms with E-state index in [2.05, 4.69) is 17.1 Å². The van der Waals surface area contributed by atoms with Crippen LogP contribution in [0.2, 0.25) is 0 Å². The molecule has 4 heteroatoms. The Kier molecular flexibility index (Phi) is 2.24. The van der Waals surface area contributed by atoms with Crippen molar-refractivity contribution in [2.24, 2.45) is 0 Å². The van der Waals surface area contributed by atoms with Crippen LogP contribution in [0.25, 0.3) is 10.2 Å². The van der Waals surface area contributed by atoms with Crippen molar-refractivity contribution in [1.82, 2.24) is 4.98 Å². The molecule has 1 saturated heterocycles. The molecule has 0 amide bonds.